The molecule has 1 heterocycles. The number of hydrogen-bond donors (Lipinski definition) is 2. The number of methoxy groups -OCH3 is 1. The van der Waals surface area contributed by atoms with Crippen LogP contribution in [0.5, 0.6) is 5.75 Å². The van der Waals surface area contributed by atoms with E-state index in [-0.39, 0.29) is 11.6 Å². The van der Waals surface area contributed by atoms with E-state index < -0.39 is 0 Å². The first-order valence-electron chi connectivity index (χ1n) is 6.26. The molecular weight excluding hydrogens is 256 g/mol. The number of carbonyl (C=O) groups is 1. The van der Waals surface area contributed by atoms with E-state index in [9.17, 15) is 4.79 Å². The Morgan fingerprint density at radius 2 is 1.90 bits per heavy atom. The molecule has 1 aromatic carbocycles. The standard InChI is InChI=1S/C14H16N4O2/c1-3-15-13-9-8-12(17-18-13)14(19)16-10-4-6-11(20-2)7-5-10/h4-9H,3H2,1-2H3,(H,15,18)(H,16,19). The molecule has 2 rings (SSSR count). The van der Waals surface area contributed by atoms with Crippen molar-refractivity contribution in [2.45, 2.75) is 6.92 Å². The van der Waals surface area contributed by atoms with Gasteiger partial charge in [0, 0.05) is 12.2 Å². The lowest BCUT2D eigenvalue weighted by atomic mass is 10.3. The van der Waals surface area contributed by atoms with E-state index in [1.807, 2.05) is 6.92 Å². The Balaban J connectivity index is 2.03. The van der Waals surface area contributed by atoms with Gasteiger partial charge < -0.3 is 15.4 Å². The van der Waals surface area contributed by atoms with Gasteiger partial charge in [-0.1, -0.05) is 0 Å². The zero-order chi connectivity index (χ0) is 14.4. The van der Waals surface area contributed by atoms with Crippen LogP contribution in [0.15, 0.2) is 36.4 Å². The molecule has 6 nitrogen and oxygen atoms in total. The number of nitrogens with zero attached hydrogens (tertiary/aromatic N) is 2. The van der Waals surface area contributed by atoms with Crippen LogP contribution in [0.1, 0.15) is 17.4 Å². The van der Waals surface area contributed by atoms with Gasteiger partial charge in [0.1, 0.15) is 11.6 Å². The summed E-state index contributed by atoms with van der Waals surface area (Å²) < 4.78 is 5.05. The minimum atomic E-state index is -0.300. The van der Waals surface area contributed by atoms with Crippen molar-refractivity contribution in [3.63, 3.8) is 0 Å². The normalized spacial score (nSPS) is 9.90. The molecule has 20 heavy (non-hydrogen) atoms. The zero-order valence-corrected chi connectivity index (χ0v) is 11.4. The van der Waals surface area contributed by atoms with Crippen LogP contribution in [-0.2, 0) is 0 Å². The molecule has 0 fully saturated rings. The molecule has 0 aliphatic heterocycles. The Morgan fingerprint density at radius 1 is 1.15 bits per heavy atom. The molecule has 104 valence electrons. The van der Waals surface area contributed by atoms with E-state index in [4.69, 9.17) is 4.74 Å². The summed E-state index contributed by atoms with van der Waals surface area (Å²) in [7, 11) is 1.59. The van der Waals surface area contributed by atoms with Gasteiger partial charge in [0.25, 0.3) is 5.91 Å². The second-order valence-electron chi connectivity index (χ2n) is 4.02. The third-order valence-electron chi connectivity index (χ3n) is 2.60. The zero-order valence-electron chi connectivity index (χ0n) is 11.4. The highest BCUT2D eigenvalue weighted by atomic mass is 16.5. The summed E-state index contributed by atoms with van der Waals surface area (Å²) >= 11 is 0. The molecule has 0 saturated heterocycles. The Labute approximate surface area is 117 Å². The average molecular weight is 272 g/mol. The monoisotopic (exact) mass is 272 g/mol. The number of aromatic nitrogens is 2. The lowest BCUT2D eigenvalue weighted by molar-refractivity contribution is 0.102. The maximum absolute atomic E-state index is 12.0. The second kappa shape index (κ2) is 6.51. The van der Waals surface area contributed by atoms with Crippen LogP contribution in [0.2, 0.25) is 0 Å². The lowest BCUT2D eigenvalue weighted by Crippen LogP contribution is -2.14. The van der Waals surface area contributed by atoms with E-state index in [2.05, 4.69) is 20.8 Å². The number of ether oxygens (including phenoxy) is 1. The van der Waals surface area contributed by atoms with E-state index >= 15 is 0 Å². The van der Waals surface area contributed by atoms with Crippen molar-refractivity contribution in [1.82, 2.24) is 10.2 Å². The number of nitrogens with one attached hydrogen (secondary N) is 2. The molecule has 1 aromatic heterocycles. The van der Waals surface area contributed by atoms with Gasteiger partial charge in [0.2, 0.25) is 0 Å². The molecule has 6 heteroatoms. The van der Waals surface area contributed by atoms with Gasteiger partial charge in [0.05, 0.1) is 7.11 Å². The number of hydrogen-bond acceptors (Lipinski definition) is 5. The molecule has 0 aliphatic rings. The van der Waals surface area contributed by atoms with Gasteiger partial charge in [-0.25, -0.2) is 0 Å². The third-order valence-corrected chi connectivity index (χ3v) is 2.60. The van der Waals surface area contributed by atoms with Gasteiger partial charge in [-0.2, -0.15) is 0 Å². The molecule has 2 aromatic rings. The Kier molecular flexibility index (Phi) is 4.49. The molecule has 2 N–H and O–H groups in total. The van der Waals surface area contributed by atoms with Crippen molar-refractivity contribution in [3.05, 3.63) is 42.1 Å². The summed E-state index contributed by atoms with van der Waals surface area (Å²) in [5, 5.41) is 13.6. The van der Waals surface area contributed by atoms with Crippen LogP contribution in [0.25, 0.3) is 0 Å². The molecule has 1 amide bonds. The van der Waals surface area contributed by atoms with Gasteiger partial charge in [-0.15, -0.1) is 10.2 Å². The van der Waals surface area contributed by atoms with E-state index in [0.717, 1.165) is 12.3 Å². The van der Waals surface area contributed by atoms with Crippen molar-refractivity contribution >= 4 is 17.4 Å². The molecule has 0 radical (unpaired) electrons. The van der Waals surface area contributed by atoms with Crippen molar-refractivity contribution in [1.29, 1.82) is 0 Å². The van der Waals surface area contributed by atoms with Crippen LogP contribution in [-0.4, -0.2) is 29.8 Å². The predicted octanol–water partition coefficient (Wildman–Crippen LogP) is 2.17. The summed E-state index contributed by atoms with van der Waals surface area (Å²) in [6, 6.07) is 10.4. The number of rotatable bonds is 5. The molecular formula is C14H16N4O2. The minimum absolute atomic E-state index is 0.266. The summed E-state index contributed by atoms with van der Waals surface area (Å²) in [5.41, 5.74) is 0.941. The minimum Gasteiger partial charge on any atom is -0.497 e. The van der Waals surface area contributed by atoms with Crippen LogP contribution >= 0.6 is 0 Å². The first kappa shape index (κ1) is 13.8. The van der Waals surface area contributed by atoms with Gasteiger partial charge in [0.15, 0.2) is 5.69 Å². The lowest BCUT2D eigenvalue weighted by Gasteiger charge is -2.06. The largest absolute Gasteiger partial charge is 0.497 e. The molecule has 0 saturated carbocycles. The first-order chi connectivity index (χ1) is 9.72. The maximum Gasteiger partial charge on any atom is 0.276 e. The Morgan fingerprint density at radius 3 is 2.45 bits per heavy atom. The van der Waals surface area contributed by atoms with E-state index in [0.29, 0.717) is 11.5 Å². The number of carbonyl (C=O) groups excluding carboxylic acids is 1. The van der Waals surface area contributed by atoms with Gasteiger partial charge in [-0.3, -0.25) is 4.79 Å². The number of anilines is 2. The fourth-order valence-corrected chi connectivity index (χ4v) is 1.60. The SMILES string of the molecule is CCNc1ccc(C(=O)Nc2ccc(OC)cc2)nn1. The second-order valence-corrected chi connectivity index (χ2v) is 4.02. The van der Waals surface area contributed by atoms with E-state index in [1.165, 1.54) is 0 Å². The van der Waals surface area contributed by atoms with Crippen molar-refractivity contribution in [2.24, 2.45) is 0 Å². The fourth-order valence-electron chi connectivity index (χ4n) is 1.60. The molecule has 0 aliphatic carbocycles. The summed E-state index contributed by atoms with van der Waals surface area (Å²) in [5.74, 6) is 1.08. The summed E-state index contributed by atoms with van der Waals surface area (Å²) in [6.45, 7) is 2.72. The van der Waals surface area contributed by atoms with Crippen LogP contribution in [0.4, 0.5) is 11.5 Å². The first-order valence-corrected chi connectivity index (χ1v) is 6.26. The van der Waals surface area contributed by atoms with Gasteiger partial charge in [-0.05, 0) is 43.3 Å². The molecule has 0 atom stereocenters. The maximum atomic E-state index is 12.0. The number of benzene rings is 1. The predicted molar refractivity (Wildman–Crippen MR) is 77.1 cm³/mol. The molecule has 0 unspecified atom stereocenters. The smallest absolute Gasteiger partial charge is 0.276 e. The Bertz CT molecular complexity index is 567. The van der Waals surface area contributed by atoms with Crippen molar-refractivity contribution < 1.29 is 9.53 Å². The molecule has 0 bridgehead atoms. The van der Waals surface area contributed by atoms with Crippen LogP contribution in [0, 0.1) is 0 Å². The van der Waals surface area contributed by atoms with E-state index in [1.54, 1.807) is 43.5 Å². The Hall–Kier alpha value is -2.63. The van der Waals surface area contributed by atoms with Crippen molar-refractivity contribution in [2.75, 3.05) is 24.3 Å². The highest BCUT2D eigenvalue weighted by Crippen LogP contribution is 2.15. The highest BCUT2D eigenvalue weighted by molar-refractivity contribution is 6.02. The van der Waals surface area contributed by atoms with Gasteiger partial charge >= 0.3 is 0 Å². The van der Waals surface area contributed by atoms with Crippen LogP contribution in [0.3, 0.4) is 0 Å². The topological polar surface area (TPSA) is 76.1 Å². The quantitative estimate of drug-likeness (QED) is 0.872. The molecule has 0 spiro atoms. The fraction of sp³-hybridized carbons (Fsp3) is 0.214. The van der Waals surface area contributed by atoms with Crippen molar-refractivity contribution in [3.8, 4) is 5.75 Å². The third kappa shape index (κ3) is 3.44. The van der Waals surface area contributed by atoms with Crippen LogP contribution < -0.4 is 15.4 Å². The number of amides is 1. The summed E-state index contributed by atoms with van der Waals surface area (Å²) in [4.78, 5) is 12.0. The highest BCUT2D eigenvalue weighted by Gasteiger charge is 2.08. The average Bonchev–Trinajstić information content (AvgIpc) is 2.49. The summed E-state index contributed by atoms with van der Waals surface area (Å²) in [6.07, 6.45) is 0.